The van der Waals surface area contributed by atoms with Crippen LogP contribution in [0.3, 0.4) is 0 Å². The smallest absolute Gasteiger partial charge is 0.261 e. The molecule has 0 fully saturated rings. The molecule has 0 unspecified atom stereocenters. The van der Waals surface area contributed by atoms with Crippen LogP contribution in [-0.4, -0.2) is 23.7 Å². The second-order valence-electron chi connectivity index (χ2n) is 5.87. The highest BCUT2D eigenvalue weighted by Gasteiger charge is 2.18. The van der Waals surface area contributed by atoms with E-state index >= 15 is 0 Å². The van der Waals surface area contributed by atoms with Gasteiger partial charge in [-0.3, -0.25) is 9.59 Å². The molecule has 1 N–H and O–H groups in total. The lowest BCUT2D eigenvalue weighted by Gasteiger charge is -2.18. The number of nitrogens with zero attached hydrogens (tertiary/aromatic N) is 1. The van der Waals surface area contributed by atoms with Gasteiger partial charge in [-0.25, -0.2) is 0 Å². The van der Waals surface area contributed by atoms with Crippen molar-refractivity contribution in [3.8, 4) is 0 Å². The first-order valence-corrected chi connectivity index (χ1v) is 8.59. The van der Waals surface area contributed by atoms with Crippen LogP contribution in [0.15, 0.2) is 29.1 Å². The number of halogens is 1. The van der Waals surface area contributed by atoms with E-state index in [-0.39, 0.29) is 11.0 Å². The molecule has 0 aliphatic carbocycles. The minimum Gasteiger partial charge on any atom is -0.380 e. The van der Waals surface area contributed by atoms with Crippen LogP contribution in [0.5, 0.6) is 0 Å². The van der Waals surface area contributed by atoms with Crippen molar-refractivity contribution in [1.82, 2.24) is 4.57 Å². The fraction of sp³-hybridized carbons (Fsp3) is 0.368. The van der Waals surface area contributed by atoms with Gasteiger partial charge in [0.15, 0.2) is 5.43 Å². The predicted molar refractivity (Wildman–Crippen MR) is 101 cm³/mol. The van der Waals surface area contributed by atoms with Gasteiger partial charge in [-0.2, -0.15) is 0 Å². The number of carbonyl (C=O) groups is 1. The molecule has 1 aromatic heterocycles. The molecule has 2 aromatic rings. The number of anilines is 1. The van der Waals surface area contributed by atoms with Crippen molar-refractivity contribution in [2.45, 2.75) is 34.2 Å². The largest absolute Gasteiger partial charge is 0.380 e. The second kappa shape index (κ2) is 8.32. The summed E-state index contributed by atoms with van der Waals surface area (Å²) in [4.78, 5) is 25.1. The van der Waals surface area contributed by atoms with Gasteiger partial charge >= 0.3 is 0 Å². The Kier molecular flexibility index (Phi) is 6.39. The average Bonchev–Trinajstić information content (AvgIpc) is 2.54. The molecule has 0 aliphatic heterocycles. The fourth-order valence-electron chi connectivity index (χ4n) is 2.75. The highest BCUT2D eigenvalue weighted by Crippen LogP contribution is 2.21. The lowest BCUT2D eigenvalue weighted by molar-refractivity contribution is 0.102. The Morgan fingerprint density at radius 1 is 1.24 bits per heavy atom. The van der Waals surface area contributed by atoms with E-state index in [1.807, 2.05) is 31.4 Å². The van der Waals surface area contributed by atoms with Crippen LogP contribution < -0.4 is 10.7 Å². The van der Waals surface area contributed by atoms with Crippen molar-refractivity contribution in [3.05, 3.63) is 62.0 Å². The first kappa shape index (κ1) is 19.2. The second-order valence-corrected chi connectivity index (χ2v) is 6.31. The number of hydrogen-bond acceptors (Lipinski definition) is 3. The minimum atomic E-state index is -0.432. The third kappa shape index (κ3) is 4.50. The van der Waals surface area contributed by atoms with Crippen molar-refractivity contribution < 1.29 is 9.53 Å². The zero-order chi connectivity index (χ0) is 18.6. The van der Waals surface area contributed by atoms with Gasteiger partial charge in [-0.05, 0) is 45.4 Å². The zero-order valence-corrected chi connectivity index (χ0v) is 15.7. The first-order chi connectivity index (χ1) is 11.8. The van der Waals surface area contributed by atoms with Crippen LogP contribution in [0.25, 0.3) is 0 Å². The number of amides is 1. The first-order valence-electron chi connectivity index (χ1n) is 8.21. The third-order valence-corrected chi connectivity index (χ3v) is 4.35. The van der Waals surface area contributed by atoms with Gasteiger partial charge in [0.25, 0.3) is 5.91 Å². The fourth-order valence-corrected chi connectivity index (χ4v) is 2.92. The molecular weight excluding hydrogens is 340 g/mol. The van der Waals surface area contributed by atoms with Crippen molar-refractivity contribution in [2.75, 3.05) is 18.5 Å². The Hall–Kier alpha value is -2.11. The van der Waals surface area contributed by atoms with Crippen molar-refractivity contribution in [1.29, 1.82) is 0 Å². The van der Waals surface area contributed by atoms with Gasteiger partial charge in [-0.1, -0.05) is 17.7 Å². The molecule has 25 heavy (non-hydrogen) atoms. The number of ether oxygens (including phenoxy) is 1. The Morgan fingerprint density at radius 2 is 1.96 bits per heavy atom. The van der Waals surface area contributed by atoms with E-state index in [4.69, 9.17) is 16.3 Å². The summed E-state index contributed by atoms with van der Waals surface area (Å²) in [5.41, 5.74) is 2.75. The molecule has 1 amide bonds. The predicted octanol–water partition coefficient (Wildman–Crippen LogP) is 3.72. The highest BCUT2D eigenvalue weighted by atomic mass is 35.5. The van der Waals surface area contributed by atoms with Gasteiger partial charge in [0.2, 0.25) is 0 Å². The van der Waals surface area contributed by atoms with Gasteiger partial charge in [0, 0.05) is 41.3 Å². The molecule has 0 saturated heterocycles. The summed E-state index contributed by atoms with van der Waals surface area (Å²) >= 11 is 5.99. The maximum atomic E-state index is 12.7. The van der Waals surface area contributed by atoms with E-state index in [0.717, 1.165) is 11.3 Å². The molecule has 134 valence electrons. The number of hydrogen-bond donors (Lipinski definition) is 1. The Bertz CT molecular complexity index is 843. The Balaban J connectivity index is 2.37. The summed E-state index contributed by atoms with van der Waals surface area (Å²) in [5, 5.41) is 3.32. The lowest BCUT2D eigenvalue weighted by Crippen LogP contribution is -2.28. The molecule has 0 radical (unpaired) electrons. The molecule has 0 saturated carbocycles. The lowest BCUT2D eigenvalue weighted by atomic mass is 10.1. The molecule has 1 aromatic carbocycles. The van der Waals surface area contributed by atoms with Crippen LogP contribution in [0.2, 0.25) is 5.02 Å². The summed E-state index contributed by atoms with van der Waals surface area (Å²) in [6, 6.07) is 6.73. The van der Waals surface area contributed by atoms with Crippen LogP contribution in [0.1, 0.15) is 34.2 Å². The molecular formula is C19H23ClN2O3. The van der Waals surface area contributed by atoms with Gasteiger partial charge in [-0.15, -0.1) is 0 Å². The molecule has 0 spiro atoms. The standard InChI is InChI=1S/C19H23ClN2O3/c1-5-25-9-8-22-13(3)10-17(23)18(14(22)4)19(24)21-16-11-15(20)7-6-12(16)2/h6-7,10-11H,5,8-9H2,1-4H3,(H,21,24). The number of aryl methyl sites for hydroxylation is 2. The van der Waals surface area contributed by atoms with Crippen LogP contribution in [0.4, 0.5) is 5.69 Å². The topological polar surface area (TPSA) is 60.3 Å². The maximum Gasteiger partial charge on any atom is 0.261 e. The monoisotopic (exact) mass is 362 g/mol. The summed E-state index contributed by atoms with van der Waals surface area (Å²) in [6.45, 7) is 9.16. The summed E-state index contributed by atoms with van der Waals surface area (Å²) < 4.78 is 7.32. The van der Waals surface area contributed by atoms with E-state index in [1.165, 1.54) is 6.07 Å². The van der Waals surface area contributed by atoms with E-state index in [1.54, 1.807) is 19.1 Å². The highest BCUT2D eigenvalue weighted by molar-refractivity contribution is 6.31. The Labute approximate surface area is 152 Å². The SMILES string of the molecule is CCOCCn1c(C)cc(=O)c(C(=O)Nc2cc(Cl)ccc2C)c1C. The number of carbonyl (C=O) groups excluding carboxylic acids is 1. The molecule has 2 rings (SSSR count). The minimum absolute atomic E-state index is 0.140. The van der Waals surface area contributed by atoms with Crippen molar-refractivity contribution in [3.63, 3.8) is 0 Å². The van der Waals surface area contributed by atoms with Gasteiger partial charge in [0.05, 0.1) is 6.61 Å². The number of benzene rings is 1. The number of nitrogens with one attached hydrogen (secondary N) is 1. The molecule has 1 heterocycles. The molecule has 0 atom stereocenters. The van der Waals surface area contributed by atoms with Gasteiger partial charge in [0.1, 0.15) is 5.56 Å². The molecule has 0 bridgehead atoms. The molecule has 5 nitrogen and oxygen atoms in total. The van der Waals surface area contributed by atoms with E-state index in [9.17, 15) is 9.59 Å². The van der Waals surface area contributed by atoms with E-state index in [0.29, 0.717) is 36.2 Å². The molecule has 0 aliphatic rings. The van der Waals surface area contributed by atoms with Crippen LogP contribution in [-0.2, 0) is 11.3 Å². The number of rotatable bonds is 6. The summed E-state index contributed by atoms with van der Waals surface area (Å²) in [5.74, 6) is -0.432. The number of aromatic nitrogens is 1. The summed E-state index contributed by atoms with van der Waals surface area (Å²) in [6.07, 6.45) is 0. The maximum absolute atomic E-state index is 12.7. The van der Waals surface area contributed by atoms with Gasteiger partial charge < -0.3 is 14.6 Å². The number of pyridine rings is 1. The van der Waals surface area contributed by atoms with Crippen molar-refractivity contribution >= 4 is 23.2 Å². The van der Waals surface area contributed by atoms with Crippen molar-refractivity contribution in [2.24, 2.45) is 0 Å². The normalized spacial score (nSPS) is 10.8. The van der Waals surface area contributed by atoms with Crippen LogP contribution in [0, 0.1) is 20.8 Å². The molecule has 6 heteroatoms. The Morgan fingerprint density at radius 3 is 2.64 bits per heavy atom. The average molecular weight is 363 g/mol. The van der Waals surface area contributed by atoms with E-state index in [2.05, 4.69) is 5.32 Å². The quantitative estimate of drug-likeness (QED) is 0.797. The third-order valence-electron chi connectivity index (χ3n) is 4.12. The van der Waals surface area contributed by atoms with E-state index < -0.39 is 5.91 Å². The van der Waals surface area contributed by atoms with Crippen LogP contribution >= 0.6 is 11.6 Å². The summed E-state index contributed by atoms with van der Waals surface area (Å²) in [7, 11) is 0. The zero-order valence-electron chi connectivity index (χ0n) is 15.0.